The van der Waals surface area contributed by atoms with Gasteiger partial charge in [-0.2, -0.15) is 13.2 Å². The third-order valence-corrected chi connectivity index (χ3v) is 5.84. The largest absolute Gasteiger partial charge is 0.444 e. The Hall–Kier alpha value is -2.85. The normalized spacial score (nSPS) is 23.2. The Morgan fingerprint density at radius 1 is 1.12 bits per heavy atom. The zero-order valence-electron chi connectivity index (χ0n) is 19.0. The van der Waals surface area contributed by atoms with Gasteiger partial charge in [0, 0.05) is 24.6 Å². The Labute approximate surface area is 188 Å². The number of oxime groups is 1. The molecule has 33 heavy (non-hydrogen) atoms. The Morgan fingerprint density at radius 2 is 1.70 bits per heavy atom. The summed E-state index contributed by atoms with van der Waals surface area (Å²) >= 11 is 0. The van der Waals surface area contributed by atoms with E-state index in [9.17, 15) is 32.4 Å². The maximum atomic E-state index is 14.6. The van der Waals surface area contributed by atoms with Gasteiger partial charge in [-0.05, 0) is 58.6 Å². The first-order valence-corrected chi connectivity index (χ1v) is 10.5. The fraction of sp³-hybridized carbons (Fsp3) is 0.591. The van der Waals surface area contributed by atoms with Crippen LogP contribution in [0.3, 0.4) is 0 Å². The van der Waals surface area contributed by atoms with E-state index in [-0.39, 0.29) is 11.8 Å². The molecule has 1 aromatic carbocycles. The van der Waals surface area contributed by atoms with Gasteiger partial charge in [0.25, 0.3) is 0 Å². The van der Waals surface area contributed by atoms with Gasteiger partial charge in [0.2, 0.25) is 5.91 Å². The van der Waals surface area contributed by atoms with Crippen molar-refractivity contribution >= 4 is 17.7 Å². The van der Waals surface area contributed by atoms with Crippen LogP contribution in [-0.4, -0.2) is 52.0 Å². The molecule has 1 aromatic rings. The average Bonchev–Trinajstić information content (AvgIpc) is 3.15. The maximum Gasteiger partial charge on any atom is 0.419 e. The number of carbonyl (C=O) groups excluding carboxylic acids is 2. The number of piperidine rings is 1. The molecule has 0 spiro atoms. The van der Waals surface area contributed by atoms with Gasteiger partial charge < -0.3 is 20.2 Å². The highest BCUT2D eigenvalue weighted by Crippen LogP contribution is 2.52. The molecule has 0 radical (unpaired) electrons. The van der Waals surface area contributed by atoms with Crippen molar-refractivity contribution in [2.75, 3.05) is 13.1 Å². The van der Waals surface area contributed by atoms with Gasteiger partial charge in [0.15, 0.2) is 0 Å². The summed E-state index contributed by atoms with van der Waals surface area (Å²) in [5.41, 5.74) is -4.62. The summed E-state index contributed by atoms with van der Waals surface area (Å²) in [6.45, 7) is 8.78. The second kappa shape index (κ2) is 8.18. The topological polar surface area (TPSA) is 91.2 Å². The van der Waals surface area contributed by atoms with Gasteiger partial charge in [-0.25, -0.2) is 9.18 Å². The molecule has 0 aromatic heterocycles. The van der Waals surface area contributed by atoms with Crippen LogP contribution in [0.2, 0.25) is 0 Å². The van der Waals surface area contributed by atoms with Crippen molar-refractivity contribution in [3.63, 3.8) is 0 Å². The Kier molecular flexibility index (Phi) is 6.14. The molecule has 1 saturated carbocycles. The van der Waals surface area contributed by atoms with Crippen molar-refractivity contribution in [1.29, 1.82) is 0 Å². The summed E-state index contributed by atoms with van der Waals surface area (Å²) in [7, 11) is 0. The summed E-state index contributed by atoms with van der Waals surface area (Å²) in [5, 5.41) is 15.1. The number of amides is 2. The summed E-state index contributed by atoms with van der Waals surface area (Å²) in [6.07, 6.45) is -5.39. The van der Waals surface area contributed by atoms with E-state index in [0.717, 1.165) is 12.1 Å². The van der Waals surface area contributed by atoms with E-state index < -0.39 is 57.9 Å². The van der Waals surface area contributed by atoms with Crippen LogP contribution in [0.1, 0.15) is 45.7 Å². The van der Waals surface area contributed by atoms with E-state index in [1.54, 1.807) is 20.8 Å². The molecule has 2 fully saturated rings. The molecular weight excluding hydrogens is 446 g/mol. The molecule has 1 saturated heterocycles. The van der Waals surface area contributed by atoms with Gasteiger partial charge in [-0.1, -0.05) is 11.2 Å². The van der Waals surface area contributed by atoms with Gasteiger partial charge in [-0.3, -0.25) is 4.79 Å². The van der Waals surface area contributed by atoms with Crippen molar-refractivity contribution in [2.24, 2.45) is 22.9 Å². The van der Waals surface area contributed by atoms with Crippen LogP contribution >= 0.6 is 0 Å². The van der Waals surface area contributed by atoms with E-state index in [1.807, 2.05) is 0 Å². The molecule has 7 nitrogen and oxygen atoms in total. The zero-order chi connectivity index (χ0) is 24.9. The first kappa shape index (κ1) is 24.8. The van der Waals surface area contributed by atoms with Crippen molar-refractivity contribution in [3.8, 4) is 0 Å². The smallest absolute Gasteiger partial charge is 0.419 e. The number of halogens is 4. The van der Waals surface area contributed by atoms with Gasteiger partial charge >= 0.3 is 12.3 Å². The second-order valence-electron chi connectivity index (χ2n) is 9.97. The van der Waals surface area contributed by atoms with Gasteiger partial charge in [-0.15, -0.1) is 0 Å². The van der Waals surface area contributed by atoms with Crippen LogP contribution in [0, 0.1) is 23.6 Å². The monoisotopic (exact) mass is 473 g/mol. The molecular formula is C22H27F4N3O4. The molecule has 1 heterocycles. The van der Waals surface area contributed by atoms with Crippen LogP contribution in [0.15, 0.2) is 23.4 Å². The van der Waals surface area contributed by atoms with Crippen molar-refractivity contribution in [2.45, 2.75) is 51.9 Å². The van der Waals surface area contributed by atoms with Crippen LogP contribution < -0.4 is 5.32 Å². The Balaban J connectivity index is 1.68. The maximum absolute atomic E-state index is 14.6. The number of likely N-dealkylation sites (tertiary alicyclic amines) is 1. The summed E-state index contributed by atoms with van der Waals surface area (Å²) in [4.78, 5) is 26.6. The number of hydrogen-bond acceptors (Lipinski definition) is 5. The highest BCUT2D eigenvalue weighted by Gasteiger charge is 2.61. The highest BCUT2D eigenvalue weighted by atomic mass is 19.4. The first-order chi connectivity index (χ1) is 15.1. The molecule has 11 heteroatoms. The number of carbonyl (C=O) groups is 2. The number of alkyl halides is 3. The van der Waals surface area contributed by atoms with Crippen molar-refractivity contribution < 1.29 is 37.1 Å². The fourth-order valence-electron chi connectivity index (χ4n) is 4.29. The number of fused-ring (bicyclic) bond motifs is 1. The molecule has 182 valence electrons. The molecule has 2 amide bonds. The van der Waals surface area contributed by atoms with Crippen molar-refractivity contribution in [1.82, 2.24) is 10.2 Å². The molecule has 0 bridgehead atoms. The molecule has 1 aliphatic heterocycles. The minimum absolute atomic E-state index is 0.0758. The van der Waals surface area contributed by atoms with E-state index in [2.05, 4.69) is 10.5 Å². The Morgan fingerprint density at radius 3 is 2.18 bits per heavy atom. The molecule has 1 aliphatic carbocycles. The molecule has 2 N–H and O–H groups in total. The number of hydrogen-bond donors (Lipinski definition) is 2. The predicted molar refractivity (Wildman–Crippen MR) is 110 cm³/mol. The molecule has 0 unspecified atom stereocenters. The van der Waals surface area contributed by atoms with Crippen LogP contribution in [0.5, 0.6) is 0 Å². The number of nitrogens with zero attached hydrogens (tertiary/aromatic N) is 2. The average molecular weight is 473 g/mol. The van der Waals surface area contributed by atoms with E-state index in [0.29, 0.717) is 19.2 Å². The Bertz CT molecular complexity index is 973. The lowest BCUT2D eigenvalue weighted by Crippen LogP contribution is -2.51. The van der Waals surface area contributed by atoms with Crippen molar-refractivity contribution in [3.05, 3.63) is 35.1 Å². The minimum atomic E-state index is -4.93. The lowest BCUT2D eigenvalue weighted by atomic mass is 9.90. The summed E-state index contributed by atoms with van der Waals surface area (Å²) < 4.78 is 59.2. The number of rotatable bonds is 4. The standard InChI is InChI=1S/C22H27F4N3O4/c1-20(2,3)33-19(31)29-9-12-13(10-29)15(12)18(30)27-21(4,5)17(28-32)11-7-6-8-14(16(11)23)22(24,25)26/h6-8,12-13,15,32H,9-10H2,1-5H3,(H,27,30)/t12-,13+,15+. The summed E-state index contributed by atoms with van der Waals surface area (Å²) in [6, 6.07) is 2.64. The predicted octanol–water partition coefficient (Wildman–Crippen LogP) is 4.03. The van der Waals surface area contributed by atoms with Crippen LogP contribution in [0.4, 0.5) is 22.4 Å². The van der Waals surface area contributed by atoms with E-state index in [1.165, 1.54) is 18.7 Å². The SMILES string of the molecule is CC(C)(C)OC(=O)N1C[C@@H]2[C@H](C1)[C@H]2C(=O)NC(C)(C)C(=NO)c1cccc(C(F)(F)F)c1F. The van der Waals surface area contributed by atoms with Gasteiger partial charge in [0.05, 0.1) is 11.1 Å². The van der Waals surface area contributed by atoms with E-state index >= 15 is 0 Å². The summed E-state index contributed by atoms with van der Waals surface area (Å²) in [5.74, 6) is -2.56. The van der Waals surface area contributed by atoms with Gasteiger partial charge in [0.1, 0.15) is 17.1 Å². The molecule has 3 atom stereocenters. The van der Waals surface area contributed by atoms with Crippen LogP contribution in [-0.2, 0) is 15.7 Å². The highest BCUT2D eigenvalue weighted by molar-refractivity contribution is 6.08. The minimum Gasteiger partial charge on any atom is -0.444 e. The second-order valence-corrected chi connectivity index (χ2v) is 9.97. The van der Waals surface area contributed by atoms with E-state index in [4.69, 9.17) is 4.74 Å². The number of ether oxygens (including phenoxy) is 1. The molecule has 2 aliphatic rings. The lowest BCUT2D eigenvalue weighted by Gasteiger charge is -2.29. The quantitative estimate of drug-likeness (QED) is 0.299. The zero-order valence-corrected chi connectivity index (χ0v) is 19.0. The third-order valence-electron chi connectivity index (χ3n) is 5.84. The number of nitrogens with one attached hydrogen (secondary N) is 1. The van der Waals surface area contributed by atoms with Crippen LogP contribution in [0.25, 0.3) is 0 Å². The third kappa shape index (κ3) is 5.06. The number of benzene rings is 1. The fourth-order valence-corrected chi connectivity index (χ4v) is 4.29. The molecule has 3 rings (SSSR count). The lowest BCUT2D eigenvalue weighted by molar-refractivity contribution is -0.140. The first-order valence-electron chi connectivity index (χ1n) is 10.5.